The van der Waals surface area contributed by atoms with Crippen molar-refractivity contribution >= 4 is 24.4 Å². The Hall–Kier alpha value is -0.280. The summed E-state index contributed by atoms with van der Waals surface area (Å²) in [5, 5.41) is 0. The summed E-state index contributed by atoms with van der Waals surface area (Å²) in [6, 6.07) is 6.33. The Morgan fingerprint density at radius 2 is 2.19 bits per heavy atom. The normalized spacial score (nSPS) is 10.4. The van der Waals surface area contributed by atoms with Gasteiger partial charge in [0.25, 0.3) is 0 Å². The Balaban J connectivity index is 2.58. The van der Waals surface area contributed by atoms with Crippen molar-refractivity contribution in [3.05, 3.63) is 23.8 Å². The van der Waals surface area contributed by atoms with Crippen molar-refractivity contribution in [1.82, 2.24) is 0 Å². The van der Waals surface area contributed by atoms with Gasteiger partial charge < -0.3 is 4.74 Å². The second kappa shape index (κ2) is 7.91. The third-order valence-corrected chi connectivity index (χ3v) is 3.87. The first-order valence-electron chi connectivity index (χ1n) is 5.75. The van der Waals surface area contributed by atoms with Crippen LogP contribution in [-0.4, -0.2) is 18.1 Å². The molecule has 0 heterocycles. The number of ether oxygens (including phenoxy) is 1. The third kappa shape index (κ3) is 4.71. The molecule has 1 nitrogen and oxygen atoms in total. The van der Waals surface area contributed by atoms with Crippen LogP contribution in [-0.2, 0) is 0 Å². The van der Waals surface area contributed by atoms with Gasteiger partial charge in [0.2, 0.25) is 0 Å². The molecule has 0 N–H and O–H groups in total. The lowest BCUT2D eigenvalue weighted by molar-refractivity contribution is 0.318. The molecule has 1 aromatic carbocycles. The van der Waals surface area contributed by atoms with Gasteiger partial charge in [-0.25, -0.2) is 0 Å². The van der Waals surface area contributed by atoms with E-state index in [1.54, 1.807) is 0 Å². The first-order valence-corrected chi connectivity index (χ1v) is 7.37. The zero-order valence-electron chi connectivity index (χ0n) is 10.0. The molecule has 0 bridgehead atoms. The van der Waals surface area contributed by atoms with Gasteiger partial charge in [0, 0.05) is 4.90 Å². The number of rotatable bonds is 7. The van der Waals surface area contributed by atoms with E-state index in [2.05, 4.69) is 38.6 Å². The lowest BCUT2D eigenvalue weighted by atomic mass is 10.2. The molecule has 0 fully saturated rings. The average molecular weight is 256 g/mol. The van der Waals surface area contributed by atoms with Crippen LogP contribution in [0.3, 0.4) is 0 Å². The fourth-order valence-electron chi connectivity index (χ4n) is 1.29. The van der Waals surface area contributed by atoms with E-state index in [1.807, 2.05) is 17.8 Å². The van der Waals surface area contributed by atoms with Crippen LogP contribution in [0.25, 0.3) is 0 Å². The van der Waals surface area contributed by atoms with Crippen molar-refractivity contribution in [3.8, 4) is 5.75 Å². The van der Waals surface area contributed by atoms with Gasteiger partial charge in [-0.15, -0.1) is 11.8 Å². The summed E-state index contributed by atoms with van der Waals surface area (Å²) < 4.78 is 5.66. The van der Waals surface area contributed by atoms with Crippen molar-refractivity contribution in [3.63, 3.8) is 0 Å². The van der Waals surface area contributed by atoms with E-state index in [4.69, 9.17) is 4.74 Å². The zero-order chi connectivity index (χ0) is 11.8. The number of aryl methyl sites for hydroxylation is 1. The SMILES string of the molecule is CCCSc1cc(OCCCS)ccc1C. The molecule has 1 aromatic rings. The largest absolute Gasteiger partial charge is 0.494 e. The van der Waals surface area contributed by atoms with Gasteiger partial charge in [0.1, 0.15) is 5.75 Å². The number of hydrogen-bond donors (Lipinski definition) is 1. The van der Waals surface area contributed by atoms with Crippen LogP contribution < -0.4 is 4.74 Å². The van der Waals surface area contributed by atoms with Crippen molar-refractivity contribution in [2.24, 2.45) is 0 Å². The lowest BCUT2D eigenvalue weighted by Gasteiger charge is -2.09. The summed E-state index contributed by atoms with van der Waals surface area (Å²) in [5.74, 6) is 3.02. The first-order chi connectivity index (χ1) is 7.77. The Kier molecular flexibility index (Phi) is 6.81. The van der Waals surface area contributed by atoms with Crippen LogP contribution in [0.4, 0.5) is 0 Å². The standard InChI is InChI=1S/C13H20OS2/c1-3-9-16-13-10-12(6-5-11(13)2)14-7-4-8-15/h5-6,10,15H,3-4,7-9H2,1-2H3. The maximum Gasteiger partial charge on any atom is 0.120 e. The molecule has 1 rings (SSSR count). The molecular formula is C13H20OS2. The molecule has 0 saturated carbocycles. The third-order valence-electron chi connectivity index (χ3n) is 2.19. The van der Waals surface area contributed by atoms with Crippen molar-refractivity contribution in [2.45, 2.75) is 31.6 Å². The zero-order valence-corrected chi connectivity index (χ0v) is 11.7. The van der Waals surface area contributed by atoms with Crippen molar-refractivity contribution in [1.29, 1.82) is 0 Å². The van der Waals surface area contributed by atoms with Gasteiger partial charge in [-0.2, -0.15) is 12.6 Å². The predicted molar refractivity (Wildman–Crippen MR) is 76.2 cm³/mol. The van der Waals surface area contributed by atoms with Gasteiger partial charge in [-0.3, -0.25) is 0 Å². The highest BCUT2D eigenvalue weighted by Crippen LogP contribution is 2.27. The second-order valence-corrected chi connectivity index (χ2v) is 5.29. The molecule has 0 radical (unpaired) electrons. The van der Waals surface area contributed by atoms with Gasteiger partial charge >= 0.3 is 0 Å². The number of thiol groups is 1. The minimum atomic E-state index is 0.754. The molecule has 90 valence electrons. The van der Waals surface area contributed by atoms with Crippen LogP contribution in [0.1, 0.15) is 25.3 Å². The van der Waals surface area contributed by atoms with E-state index >= 15 is 0 Å². The summed E-state index contributed by atoms with van der Waals surface area (Å²) in [6.45, 7) is 5.11. The minimum Gasteiger partial charge on any atom is -0.494 e. The van der Waals surface area contributed by atoms with Gasteiger partial charge in [-0.1, -0.05) is 13.0 Å². The van der Waals surface area contributed by atoms with Crippen LogP contribution in [0.15, 0.2) is 23.1 Å². The Labute approximate surface area is 108 Å². The monoisotopic (exact) mass is 256 g/mol. The summed E-state index contributed by atoms with van der Waals surface area (Å²) in [6.07, 6.45) is 2.20. The smallest absolute Gasteiger partial charge is 0.120 e. The molecular weight excluding hydrogens is 236 g/mol. The average Bonchev–Trinajstić information content (AvgIpc) is 2.30. The van der Waals surface area contributed by atoms with E-state index in [0.29, 0.717) is 0 Å². The summed E-state index contributed by atoms with van der Waals surface area (Å²) >= 11 is 6.07. The topological polar surface area (TPSA) is 9.23 Å². The van der Waals surface area contributed by atoms with Gasteiger partial charge in [-0.05, 0) is 49.0 Å². The first kappa shape index (κ1) is 13.8. The Bertz CT molecular complexity index is 313. The second-order valence-electron chi connectivity index (χ2n) is 3.70. The van der Waals surface area contributed by atoms with E-state index < -0.39 is 0 Å². The summed E-state index contributed by atoms with van der Waals surface area (Å²) in [5.41, 5.74) is 1.33. The van der Waals surface area contributed by atoms with Crippen molar-refractivity contribution in [2.75, 3.05) is 18.1 Å². The molecule has 0 aromatic heterocycles. The number of thioether (sulfide) groups is 1. The highest BCUT2D eigenvalue weighted by atomic mass is 32.2. The summed E-state index contributed by atoms with van der Waals surface area (Å²) in [7, 11) is 0. The quantitative estimate of drug-likeness (QED) is 0.445. The Morgan fingerprint density at radius 3 is 2.88 bits per heavy atom. The number of benzene rings is 1. The van der Waals surface area contributed by atoms with Crippen LogP contribution in [0.2, 0.25) is 0 Å². The fraction of sp³-hybridized carbons (Fsp3) is 0.538. The lowest BCUT2D eigenvalue weighted by Crippen LogP contribution is -1.98. The van der Waals surface area contributed by atoms with Crippen LogP contribution in [0.5, 0.6) is 5.75 Å². The van der Waals surface area contributed by atoms with E-state index in [-0.39, 0.29) is 0 Å². The summed E-state index contributed by atoms with van der Waals surface area (Å²) in [4.78, 5) is 1.34. The number of hydrogen-bond acceptors (Lipinski definition) is 3. The molecule has 0 aliphatic heterocycles. The van der Waals surface area contributed by atoms with Crippen LogP contribution in [0, 0.1) is 6.92 Å². The minimum absolute atomic E-state index is 0.754. The molecule has 0 unspecified atom stereocenters. The maximum absolute atomic E-state index is 5.66. The molecule has 3 heteroatoms. The van der Waals surface area contributed by atoms with Gasteiger partial charge in [0.15, 0.2) is 0 Å². The molecule has 0 saturated heterocycles. The fourth-order valence-corrected chi connectivity index (χ4v) is 2.34. The molecule has 0 aliphatic carbocycles. The van der Waals surface area contributed by atoms with E-state index in [1.165, 1.54) is 22.6 Å². The van der Waals surface area contributed by atoms with Crippen molar-refractivity contribution < 1.29 is 4.74 Å². The molecule has 0 aliphatic rings. The molecule has 16 heavy (non-hydrogen) atoms. The molecule has 0 atom stereocenters. The molecule has 0 amide bonds. The van der Waals surface area contributed by atoms with Crippen LogP contribution >= 0.6 is 24.4 Å². The van der Waals surface area contributed by atoms with E-state index in [9.17, 15) is 0 Å². The Morgan fingerprint density at radius 1 is 1.38 bits per heavy atom. The highest BCUT2D eigenvalue weighted by Gasteiger charge is 2.01. The van der Waals surface area contributed by atoms with Gasteiger partial charge in [0.05, 0.1) is 6.61 Å². The van der Waals surface area contributed by atoms with E-state index in [0.717, 1.165) is 24.5 Å². The molecule has 0 spiro atoms. The maximum atomic E-state index is 5.66. The predicted octanol–water partition coefficient (Wildman–Crippen LogP) is 4.20. The highest BCUT2D eigenvalue weighted by molar-refractivity contribution is 7.99.